The molecular weight excluding hydrogens is 306 g/mol. The van der Waals surface area contributed by atoms with Gasteiger partial charge in [-0.2, -0.15) is 11.3 Å². The Hall–Kier alpha value is 0.140. The number of alkyl halides is 1. The Balaban J connectivity index is 2.01. The minimum absolute atomic E-state index is 0.457. The normalized spacial score (nSPS) is 16.4. The Morgan fingerprint density at radius 3 is 2.56 bits per heavy atom. The highest BCUT2D eigenvalue weighted by atomic mass is 79.9. The van der Waals surface area contributed by atoms with Crippen LogP contribution >= 0.6 is 27.3 Å². The molecule has 1 aromatic heterocycles. The van der Waals surface area contributed by atoms with Crippen LogP contribution in [-0.4, -0.2) is 22.8 Å². The predicted molar refractivity (Wildman–Crippen MR) is 84.6 cm³/mol. The van der Waals surface area contributed by atoms with E-state index in [1.54, 1.807) is 0 Å². The quantitative estimate of drug-likeness (QED) is 0.612. The van der Waals surface area contributed by atoms with Gasteiger partial charge in [0.15, 0.2) is 0 Å². The molecule has 0 bridgehead atoms. The summed E-state index contributed by atoms with van der Waals surface area (Å²) in [5, 5.41) is 5.61. The molecule has 0 unspecified atom stereocenters. The molecule has 0 aromatic carbocycles. The lowest BCUT2D eigenvalue weighted by Crippen LogP contribution is -2.39. The van der Waals surface area contributed by atoms with E-state index in [-0.39, 0.29) is 0 Å². The van der Waals surface area contributed by atoms with Gasteiger partial charge in [0.1, 0.15) is 0 Å². The van der Waals surface area contributed by atoms with Gasteiger partial charge in [-0.1, -0.05) is 29.8 Å². The first-order chi connectivity index (χ1) is 8.73. The van der Waals surface area contributed by atoms with Gasteiger partial charge in [0, 0.05) is 24.5 Å². The number of hydrogen-bond donors (Lipinski definition) is 0. The second-order valence-corrected chi connectivity index (χ2v) is 6.95. The van der Waals surface area contributed by atoms with E-state index in [1.807, 2.05) is 11.3 Å². The predicted octanol–water partition coefficient (Wildman–Crippen LogP) is 4.91. The molecule has 0 amide bonds. The van der Waals surface area contributed by atoms with Crippen LogP contribution in [0.15, 0.2) is 16.8 Å². The fourth-order valence-corrected chi connectivity index (χ4v) is 4.14. The largest absolute Gasteiger partial charge is 0.296 e. The van der Waals surface area contributed by atoms with Crippen molar-refractivity contribution in [3.05, 3.63) is 22.4 Å². The first-order valence-electron chi connectivity index (χ1n) is 7.04. The van der Waals surface area contributed by atoms with Crippen LogP contribution in [0.3, 0.4) is 0 Å². The van der Waals surface area contributed by atoms with E-state index < -0.39 is 0 Å². The summed E-state index contributed by atoms with van der Waals surface area (Å²) in [7, 11) is 0. The van der Waals surface area contributed by atoms with Crippen molar-refractivity contribution in [1.29, 1.82) is 0 Å². The highest BCUT2D eigenvalue weighted by molar-refractivity contribution is 9.09. The summed E-state index contributed by atoms with van der Waals surface area (Å²) < 4.78 is 0. The SMILES string of the molecule is CCC(CC)(CBr)CN(Cc1ccsc1)C1CC1. The molecule has 1 saturated carbocycles. The smallest absolute Gasteiger partial charge is 0.0245 e. The van der Waals surface area contributed by atoms with Crippen molar-refractivity contribution in [2.45, 2.75) is 52.1 Å². The average molecular weight is 330 g/mol. The minimum Gasteiger partial charge on any atom is -0.296 e. The van der Waals surface area contributed by atoms with Gasteiger partial charge in [-0.05, 0) is 53.5 Å². The monoisotopic (exact) mass is 329 g/mol. The molecule has 0 aliphatic heterocycles. The van der Waals surface area contributed by atoms with Gasteiger partial charge < -0.3 is 0 Å². The first-order valence-corrected chi connectivity index (χ1v) is 9.10. The highest BCUT2D eigenvalue weighted by Crippen LogP contribution is 2.36. The molecule has 3 heteroatoms. The number of hydrogen-bond acceptors (Lipinski definition) is 2. The standard InChI is InChI=1S/C15H24BrNS/c1-3-15(4-2,11-16)12-17(14-5-6-14)9-13-7-8-18-10-13/h7-8,10,14H,3-6,9,11-12H2,1-2H3. The Bertz CT molecular complexity index is 333. The third-order valence-electron chi connectivity index (χ3n) is 4.35. The Morgan fingerprint density at radius 1 is 1.39 bits per heavy atom. The van der Waals surface area contributed by atoms with Crippen molar-refractivity contribution in [1.82, 2.24) is 4.90 Å². The van der Waals surface area contributed by atoms with Crippen LogP contribution in [0.4, 0.5) is 0 Å². The zero-order valence-corrected chi connectivity index (χ0v) is 13.9. The summed E-state index contributed by atoms with van der Waals surface area (Å²) in [6.45, 7) is 7.05. The number of nitrogens with zero attached hydrogens (tertiary/aromatic N) is 1. The summed E-state index contributed by atoms with van der Waals surface area (Å²) in [4.78, 5) is 2.72. The van der Waals surface area contributed by atoms with E-state index in [0.29, 0.717) is 5.41 Å². The molecule has 1 fully saturated rings. The van der Waals surface area contributed by atoms with Gasteiger partial charge in [0.05, 0.1) is 0 Å². The molecule has 0 atom stereocenters. The molecule has 0 saturated heterocycles. The van der Waals surface area contributed by atoms with Crippen LogP contribution in [0.1, 0.15) is 45.1 Å². The van der Waals surface area contributed by atoms with E-state index in [1.165, 1.54) is 37.8 Å². The van der Waals surface area contributed by atoms with E-state index in [0.717, 1.165) is 17.9 Å². The molecule has 0 radical (unpaired) electrons. The summed E-state index contributed by atoms with van der Waals surface area (Å²) >= 11 is 5.56. The molecule has 1 aliphatic rings. The summed E-state index contributed by atoms with van der Waals surface area (Å²) in [6, 6.07) is 3.12. The Morgan fingerprint density at radius 2 is 2.11 bits per heavy atom. The van der Waals surface area contributed by atoms with E-state index in [9.17, 15) is 0 Å². The van der Waals surface area contributed by atoms with Gasteiger partial charge in [0.25, 0.3) is 0 Å². The number of halogens is 1. The molecular formula is C15H24BrNS. The summed E-state index contributed by atoms with van der Waals surface area (Å²) in [6.07, 6.45) is 5.33. The number of thiophene rings is 1. The molecule has 1 aliphatic carbocycles. The van der Waals surface area contributed by atoms with Crippen molar-refractivity contribution >= 4 is 27.3 Å². The third kappa shape index (κ3) is 3.58. The van der Waals surface area contributed by atoms with Crippen molar-refractivity contribution in [3.8, 4) is 0 Å². The first kappa shape index (κ1) is 14.5. The third-order valence-corrected chi connectivity index (χ3v) is 6.27. The molecule has 0 spiro atoms. The van der Waals surface area contributed by atoms with Gasteiger partial charge in [-0.3, -0.25) is 4.90 Å². The van der Waals surface area contributed by atoms with Gasteiger partial charge in [-0.15, -0.1) is 0 Å². The molecule has 102 valence electrons. The average Bonchev–Trinajstić information content (AvgIpc) is 3.13. The lowest BCUT2D eigenvalue weighted by Gasteiger charge is -2.36. The summed E-state index contributed by atoms with van der Waals surface area (Å²) in [5.41, 5.74) is 1.95. The molecule has 1 heterocycles. The van der Waals surface area contributed by atoms with E-state index in [4.69, 9.17) is 0 Å². The van der Waals surface area contributed by atoms with E-state index in [2.05, 4.69) is 51.5 Å². The molecule has 2 rings (SSSR count). The Kier molecular flexibility index (Phi) is 5.28. The molecule has 18 heavy (non-hydrogen) atoms. The summed E-state index contributed by atoms with van der Waals surface area (Å²) in [5.74, 6) is 0. The van der Waals surface area contributed by atoms with Crippen LogP contribution in [0.25, 0.3) is 0 Å². The fraction of sp³-hybridized carbons (Fsp3) is 0.733. The van der Waals surface area contributed by atoms with Crippen molar-refractivity contribution in [2.24, 2.45) is 5.41 Å². The van der Waals surface area contributed by atoms with Crippen LogP contribution < -0.4 is 0 Å². The van der Waals surface area contributed by atoms with Crippen molar-refractivity contribution in [3.63, 3.8) is 0 Å². The maximum atomic E-state index is 3.74. The van der Waals surface area contributed by atoms with Gasteiger partial charge >= 0.3 is 0 Å². The maximum Gasteiger partial charge on any atom is 0.0245 e. The van der Waals surface area contributed by atoms with Crippen LogP contribution in [0.2, 0.25) is 0 Å². The topological polar surface area (TPSA) is 3.24 Å². The van der Waals surface area contributed by atoms with E-state index >= 15 is 0 Å². The van der Waals surface area contributed by atoms with Crippen molar-refractivity contribution in [2.75, 3.05) is 11.9 Å². The highest BCUT2D eigenvalue weighted by Gasteiger charge is 2.35. The minimum atomic E-state index is 0.457. The molecule has 0 N–H and O–H groups in total. The van der Waals surface area contributed by atoms with Crippen LogP contribution in [-0.2, 0) is 6.54 Å². The Labute approximate surface area is 124 Å². The molecule has 1 nitrogen and oxygen atoms in total. The molecule has 1 aromatic rings. The lowest BCUT2D eigenvalue weighted by atomic mass is 9.84. The van der Waals surface area contributed by atoms with Crippen LogP contribution in [0.5, 0.6) is 0 Å². The van der Waals surface area contributed by atoms with Gasteiger partial charge in [0.2, 0.25) is 0 Å². The second kappa shape index (κ2) is 6.53. The second-order valence-electron chi connectivity index (χ2n) is 5.61. The number of rotatable bonds is 8. The lowest BCUT2D eigenvalue weighted by molar-refractivity contribution is 0.145. The maximum absolute atomic E-state index is 3.74. The fourth-order valence-electron chi connectivity index (χ4n) is 2.51. The van der Waals surface area contributed by atoms with Gasteiger partial charge in [-0.25, -0.2) is 0 Å². The van der Waals surface area contributed by atoms with Crippen molar-refractivity contribution < 1.29 is 0 Å². The van der Waals surface area contributed by atoms with Crippen LogP contribution in [0, 0.1) is 5.41 Å². The zero-order chi connectivity index (χ0) is 13.0. The zero-order valence-electron chi connectivity index (χ0n) is 11.5.